The van der Waals surface area contributed by atoms with E-state index in [1.807, 2.05) is 18.2 Å². The Bertz CT molecular complexity index is 350. The summed E-state index contributed by atoms with van der Waals surface area (Å²) in [5, 5.41) is 2.88. The van der Waals surface area contributed by atoms with E-state index in [1.54, 1.807) is 6.07 Å². The predicted molar refractivity (Wildman–Crippen MR) is 68.8 cm³/mol. The molecule has 1 amide bonds. The number of nitrogens with zero attached hydrogens (tertiary/aromatic N) is 1. The van der Waals surface area contributed by atoms with Gasteiger partial charge in [-0.05, 0) is 38.9 Å². The molecule has 0 unspecified atom stereocenters. The number of likely N-dealkylation sites (tertiary alicyclic amines) is 1. The minimum Gasteiger partial charge on any atom is -0.379 e. The van der Waals surface area contributed by atoms with Gasteiger partial charge in [0.2, 0.25) is 5.91 Å². The molecule has 18 heavy (non-hydrogen) atoms. The fourth-order valence-electron chi connectivity index (χ4n) is 2.16. The van der Waals surface area contributed by atoms with Crippen LogP contribution in [-0.4, -0.2) is 30.4 Å². The quantitative estimate of drug-likeness (QED) is 0.672. The summed E-state index contributed by atoms with van der Waals surface area (Å²) < 4.78 is 0. The molecule has 0 bridgehead atoms. The minimum atomic E-state index is 0. The second-order valence-electron chi connectivity index (χ2n) is 4.49. The monoisotopic (exact) mass is 469 g/mol. The molecule has 1 N–H and O–H groups in total. The second-order valence-corrected chi connectivity index (χ2v) is 4.49. The molecule has 0 saturated carbocycles. The first-order valence-electron chi connectivity index (χ1n) is 6.33. The van der Waals surface area contributed by atoms with Gasteiger partial charge in [-0.2, -0.15) is 24.3 Å². The van der Waals surface area contributed by atoms with Crippen molar-refractivity contribution in [3.63, 3.8) is 0 Å². The summed E-state index contributed by atoms with van der Waals surface area (Å²) in [5.74, 6) is 0.101. The van der Waals surface area contributed by atoms with Crippen molar-refractivity contribution in [2.24, 2.45) is 0 Å². The Morgan fingerprint density at radius 3 is 2.83 bits per heavy atom. The van der Waals surface area contributed by atoms with Crippen LogP contribution in [0.2, 0.25) is 0 Å². The molecule has 0 aliphatic carbocycles. The summed E-state index contributed by atoms with van der Waals surface area (Å²) in [6.07, 6.45) is 4.17. The van der Waals surface area contributed by atoms with Crippen LogP contribution >= 0.6 is 0 Å². The first-order chi connectivity index (χ1) is 8.34. The first-order valence-corrected chi connectivity index (χ1v) is 6.33. The third-order valence-corrected chi connectivity index (χ3v) is 3.07. The molecule has 0 atom stereocenters. The molecular formula is C14H19N2OU-. The smallest absolute Gasteiger partial charge is 0.213 e. The van der Waals surface area contributed by atoms with Gasteiger partial charge in [-0.15, -0.1) is 6.07 Å². The Morgan fingerprint density at radius 1 is 1.39 bits per heavy atom. The maximum atomic E-state index is 11.6. The summed E-state index contributed by atoms with van der Waals surface area (Å²) in [6, 6.07) is 10.3. The van der Waals surface area contributed by atoms with E-state index in [2.05, 4.69) is 16.3 Å². The SMILES string of the molecule is O=C(CCCN1CCCC1)Nc1c[c-]ccc1.[U]. The average molecular weight is 469 g/mol. The van der Waals surface area contributed by atoms with Gasteiger partial charge in [-0.25, -0.2) is 0 Å². The van der Waals surface area contributed by atoms with Crippen molar-refractivity contribution >= 4 is 11.6 Å². The van der Waals surface area contributed by atoms with Gasteiger partial charge in [0.05, 0.1) is 0 Å². The maximum Gasteiger partial charge on any atom is 0.213 e. The third kappa shape index (κ3) is 5.56. The zero-order chi connectivity index (χ0) is 11.9. The molecule has 1 aromatic carbocycles. The molecular weight excluding hydrogens is 450 g/mol. The van der Waals surface area contributed by atoms with Crippen molar-refractivity contribution in [3.8, 4) is 0 Å². The van der Waals surface area contributed by atoms with Crippen molar-refractivity contribution in [1.29, 1.82) is 0 Å². The number of benzene rings is 1. The number of amides is 1. The van der Waals surface area contributed by atoms with Gasteiger partial charge in [-0.1, -0.05) is 5.69 Å². The molecule has 1 saturated heterocycles. The Balaban J connectivity index is 0.00000162. The van der Waals surface area contributed by atoms with Crippen LogP contribution in [-0.2, 0) is 4.79 Å². The average Bonchev–Trinajstić information content (AvgIpc) is 2.83. The van der Waals surface area contributed by atoms with Crippen LogP contribution in [0.25, 0.3) is 0 Å². The van der Waals surface area contributed by atoms with Gasteiger partial charge in [0, 0.05) is 37.5 Å². The molecule has 1 aliphatic heterocycles. The molecule has 96 valence electrons. The summed E-state index contributed by atoms with van der Waals surface area (Å²) in [5.41, 5.74) is 0.832. The van der Waals surface area contributed by atoms with E-state index in [4.69, 9.17) is 0 Å². The van der Waals surface area contributed by atoms with Crippen LogP contribution in [0, 0.1) is 37.2 Å². The van der Waals surface area contributed by atoms with E-state index in [-0.39, 0.29) is 37.0 Å². The van der Waals surface area contributed by atoms with Crippen LogP contribution in [0.5, 0.6) is 0 Å². The summed E-state index contributed by atoms with van der Waals surface area (Å²) in [6.45, 7) is 3.46. The maximum absolute atomic E-state index is 11.6. The van der Waals surface area contributed by atoms with Crippen molar-refractivity contribution in [1.82, 2.24) is 4.90 Å². The normalized spacial score (nSPS) is 15.1. The molecule has 3 nitrogen and oxygen atoms in total. The standard InChI is InChI=1S/C14H19N2O.U/c17-14(15-13-7-2-1-3-8-13)9-6-12-16-10-4-5-11-16;/h1-2,7-8H,4-6,9-12H2,(H,15,17);/q-1;. The van der Waals surface area contributed by atoms with Crippen LogP contribution in [0.3, 0.4) is 0 Å². The van der Waals surface area contributed by atoms with E-state index in [0.29, 0.717) is 6.42 Å². The topological polar surface area (TPSA) is 32.3 Å². The van der Waals surface area contributed by atoms with E-state index in [9.17, 15) is 4.79 Å². The molecule has 1 fully saturated rings. The van der Waals surface area contributed by atoms with Crippen molar-refractivity contribution < 1.29 is 35.9 Å². The fourth-order valence-corrected chi connectivity index (χ4v) is 2.16. The van der Waals surface area contributed by atoms with Crippen LogP contribution in [0.1, 0.15) is 25.7 Å². The Hall–Kier alpha value is -0.298. The molecule has 0 spiro atoms. The van der Waals surface area contributed by atoms with Crippen LogP contribution in [0.4, 0.5) is 5.69 Å². The Kier molecular flexibility index (Phi) is 7.65. The molecule has 0 aromatic heterocycles. The van der Waals surface area contributed by atoms with Gasteiger partial charge in [-0.3, -0.25) is 4.79 Å². The zero-order valence-corrected chi connectivity index (χ0v) is 14.8. The minimum absolute atomic E-state index is 0. The molecule has 0 radical (unpaired) electrons. The fraction of sp³-hybridized carbons (Fsp3) is 0.500. The second kappa shape index (κ2) is 8.74. The van der Waals surface area contributed by atoms with E-state index in [1.165, 1.54) is 25.9 Å². The number of hydrogen-bond acceptors (Lipinski definition) is 2. The number of rotatable bonds is 5. The first kappa shape index (κ1) is 15.8. The molecule has 1 aromatic rings. The number of anilines is 1. The van der Waals surface area contributed by atoms with Crippen LogP contribution in [0.15, 0.2) is 24.3 Å². The van der Waals surface area contributed by atoms with Crippen LogP contribution < -0.4 is 5.32 Å². The van der Waals surface area contributed by atoms with Crippen molar-refractivity contribution in [3.05, 3.63) is 30.3 Å². The van der Waals surface area contributed by atoms with Gasteiger partial charge in [0.25, 0.3) is 0 Å². The number of nitrogens with one attached hydrogen (secondary N) is 1. The number of carbonyl (C=O) groups excluding carboxylic acids is 1. The van der Waals surface area contributed by atoms with Gasteiger partial charge >= 0.3 is 0 Å². The third-order valence-electron chi connectivity index (χ3n) is 3.07. The molecule has 4 heteroatoms. The largest absolute Gasteiger partial charge is 0.379 e. The Labute approximate surface area is 133 Å². The van der Waals surface area contributed by atoms with Gasteiger partial charge in [0.1, 0.15) is 0 Å². The predicted octanol–water partition coefficient (Wildman–Crippen LogP) is 2.30. The summed E-state index contributed by atoms with van der Waals surface area (Å²) >= 11 is 0. The number of carbonyl (C=O) groups is 1. The van der Waals surface area contributed by atoms with Gasteiger partial charge < -0.3 is 10.2 Å². The van der Waals surface area contributed by atoms with Gasteiger partial charge in [0.15, 0.2) is 0 Å². The van der Waals surface area contributed by atoms with E-state index < -0.39 is 0 Å². The van der Waals surface area contributed by atoms with E-state index in [0.717, 1.165) is 18.7 Å². The molecule has 2 rings (SSSR count). The molecule has 1 heterocycles. The Morgan fingerprint density at radius 2 is 2.17 bits per heavy atom. The van der Waals surface area contributed by atoms with E-state index >= 15 is 0 Å². The van der Waals surface area contributed by atoms with Crippen molar-refractivity contribution in [2.75, 3.05) is 25.0 Å². The van der Waals surface area contributed by atoms with Crippen molar-refractivity contribution in [2.45, 2.75) is 25.7 Å². The number of hydrogen-bond donors (Lipinski definition) is 1. The zero-order valence-electron chi connectivity index (χ0n) is 10.6. The summed E-state index contributed by atoms with van der Waals surface area (Å²) in [7, 11) is 0. The molecule has 1 aliphatic rings. The summed E-state index contributed by atoms with van der Waals surface area (Å²) in [4.78, 5) is 14.1.